The van der Waals surface area contributed by atoms with Gasteiger partial charge in [-0.1, -0.05) is 30.0 Å². The summed E-state index contributed by atoms with van der Waals surface area (Å²) in [5.41, 5.74) is 0.769. The Morgan fingerprint density at radius 2 is 1.87 bits per heavy atom. The van der Waals surface area contributed by atoms with Gasteiger partial charge in [-0.3, -0.25) is 9.69 Å². The molecular weight excluding hydrogens is 416 g/mol. The number of hydrogen-bond donors (Lipinski definition) is 0. The molecule has 0 bridgehead atoms. The van der Waals surface area contributed by atoms with E-state index in [0.717, 1.165) is 21.4 Å². The van der Waals surface area contributed by atoms with Gasteiger partial charge >= 0.3 is 0 Å². The van der Waals surface area contributed by atoms with Crippen molar-refractivity contribution in [2.75, 3.05) is 13.7 Å². The average Bonchev–Trinajstić information content (AvgIpc) is 3.33. The second-order valence-corrected chi connectivity index (χ2v) is 8.41. The molecule has 1 saturated heterocycles. The highest BCUT2D eigenvalue weighted by Crippen LogP contribution is 2.35. The number of aliphatic imine (C=N–C) groups is 1. The molecule has 0 atom stereocenters. The van der Waals surface area contributed by atoms with E-state index in [2.05, 4.69) is 4.99 Å². The van der Waals surface area contributed by atoms with Crippen molar-refractivity contribution in [3.05, 3.63) is 77.4 Å². The van der Waals surface area contributed by atoms with Gasteiger partial charge in [-0.05, 0) is 67.2 Å². The SMILES string of the molecule is CCN1C(=O)/C(=C\c2ccc(Sc3ccccc3)o2)SC1=Nc1ccc(OC)cc1. The van der Waals surface area contributed by atoms with Crippen molar-refractivity contribution in [2.45, 2.75) is 16.9 Å². The highest BCUT2D eigenvalue weighted by atomic mass is 32.2. The summed E-state index contributed by atoms with van der Waals surface area (Å²) in [6.07, 6.45) is 1.78. The molecule has 0 saturated carbocycles. The van der Waals surface area contributed by atoms with Crippen LogP contribution in [0.1, 0.15) is 12.7 Å². The van der Waals surface area contributed by atoms with E-state index < -0.39 is 0 Å². The Morgan fingerprint density at radius 3 is 2.57 bits per heavy atom. The number of amides is 1. The molecule has 0 radical (unpaired) electrons. The molecule has 1 fully saturated rings. The highest BCUT2D eigenvalue weighted by molar-refractivity contribution is 8.18. The van der Waals surface area contributed by atoms with E-state index in [1.807, 2.05) is 73.7 Å². The fourth-order valence-corrected chi connectivity index (χ4v) is 4.68. The maximum atomic E-state index is 12.8. The van der Waals surface area contributed by atoms with Gasteiger partial charge in [0.2, 0.25) is 0 Å². The van der Waals surface area contributed by atoms with Crippen LogP contribution in [0.15, 0.2) is 91.0 Å². The van der Waals surface area contributed by atoms with Gasteiger partial charge in [-0.2, -0.15) is 0 Å². The van der Waals surface area contributed by atoms with Gasteiger partial charge < -0.3 is 9.15 Å². The summed E-state index contributed by atoms with van der Waals surface area (Å²) < 4.78 is 11.1. The topological polar surface area (TPSA) is 55.0 Å². The zero-order chi connectivity index (χ0) is 20.9. The largest absolute Gasteiger partial charge is 0.497 e. The average molecular weight is 437 g/mol. The molecule has 1 amide bonds. The van der Waals surface area contributed by atoms with E-state index in [1.54, 1.807) is 29.8 Å². The monoisotopic (exact) mass is 436 g/mol. The van der Waals surface area contributed by atoms with Crippen LogP contribution in [0.2, 0.25) is 0 Å². The van der Waals surface area contributed by atoms with Crippen LogP contribution < -0.4 is 4.74 Å². The minimum absolute atomic E-state index is 0.0663. The number of ether oxygens (including phenoxy) is 1. The molecule has 1 aromatic heterocycles. The molecule has 1 aliphatic rings. The summed E-state index contributed by atoms with van der Waals surface area (Å²) in [5.74, 6) is 1.35. The number of likely N-dealkylation sites (N-methyl/N-ethyl adjacent to an activating group) is 1. The Bertz CT molecular complexity index is 1090. The Kier molecular flexibility index (Phi) is 6.30. The van der Waals surface area contributed by atoms with Crippen LogP contribution in [0.25, 0.3) is 6.08 Å². The number of amidine groups is 1. The maximum Gasteiger partial charge on any atom is 0.266 e. The molecule has 0 unspecified atom stereocenters. The van der Waals surface area contributed by atoms with Gasteiger partial charge in [-0.15, -0.1) is 0 Å². The number of rotatable bonds is 6. The smallest absolute Gasteiger partial charge is 0.266 e. The Hall–Kier alpha value is -2.90. The van der Waals surface area contributed by atoms with E-state index in [4.69, 9.17) is 9.15 Å². The highest BCUT2D eigenvalue weighted by Gasteiger charge is 2.32. The molecule has 4 rings (SSSR count). The lowest BCUT2D eigenvalue weighted by molar-refractivity contribution is -0.122. The second-order valence-electron chi connectivity index (χ2n) is 6.32. The van der Waals surface area contributed by atoms with Crippen molar-refractivity contribution in [3.8, 4) is 5.75 Å². The molecule has 5 nitrogen and oxygen atoms in total. The summed E-state index contributed by atoms with van der Waals surface area (Å²) in [7, 11) is 1.63. The number of methoxy groups -OCH3 is 1. The lowest BCUT2D eigenvalue weighted by atomic mass is 10.3. The minimum Gasteiger partial charge on any atom is -0.497 e. The zero-order valence-electron chi connectivity index (χ0n) is 16.6. The molecule has 30 heavy (non-hydrogen) atoms. The molecule has 1 aliphatic heterocycles. The number of thioether (sulfide) groups is 1. The Labute approximate surface area is 183 Å². The maximum absolute atomic E-state index is 12.8. The fraction of sp³-hybridized carbons (Fsp3) is 0.130. The van der Waals surface area contributed by atoms with Crippen LogP contribution in [0, 0.1) is 0 Å². The van der Waals surface area contributed by atoms with Crippen molar-refractivity contribution in [3.63, 3.8) is 0 Å². The van der Waals surface area contributed by atoms with Gasteiger partial charge in [0.15, 0.2) is 10.3 Å². The standard InChI is InChI=1S/C23H20N2O3S2/c1-3-25-22(26)20(30-23(25)24-16-9-11-17(27-2)12-10-16)15-18-13-14-21(28-18)29-19-7-5-4-6-8-19/h4-15H,3H2,1-2H3/b20-15+,24-23?. The molecule has 152 valence electrons. The molecule has 0 aliphatic carbocycles. The lowest BCUT2D eigenvalue weighted by Gasteiger charge is -2.12. The molecule has 2 aromatic carbocycles. The summed E-state index contributed by atoms with van der Waals surface area (Å²) >= 11 is 2.90. The molecule has 0 N–H and O–H groups in total. The first kappa shape index (κ1) is 20.4. The summed E-state index contributed by atoms with van der Waals surface area (Å²) in [5, 5.41) is 1.44. The van der Waals surface area contributed by atoms with Gasteiger partial charge in [0.1, 0.15) is 11.5 Å². The number of hydrogen-bond acceptors (Lipinski definition) is 6. The number of benzene rings is 2. The predicted octanol–water partition coefficient (Wildman–Crippen LogP) is 6.06. The predicted molar refractivity (Wildman–Crippen MR) is 122 cm³/mol. The molecule has 7 heteroatoms. The number of carbonyl (C=O) groups excluding carboxylic acids is 1. The van der Waals surface area contributed by atoms with E-state index in [9.17, 15) is 4.79 Å². The molecule has 0 spiro atoms. The van der Waals surface area contributed by atoms with Gasteiger partial charge in [0.05, 0.1) is 17.7 Å². The van der Waals surface area contributed by atoms with E-state index >= 15 is 0 Å². The first-order valence-electron chi connectivity index (χ1n) is 9.43. The van der Waals surface area contributed by atoms with Crippen LogP contribution in [0.4, 0.5) is 5.69 Å². The number of carbonyl (C=O) groups is 1. The Balaban J connectivity index is 1.53. The molecule has 2 heterocycles. The Morgan fingerprint density at radius 1 is 1.10 bits per heavy atom. The lowest BCUT2D eigenvalue weighted by Crippen LogP contribution is -2.28. The third-order valence-corrected chi connectivity index (χ3v) is 6.27. The van der Waals surface area contributed by atoms with E-state index in [0.29, 0.717) is 22.4 Å². The summed E-state index contributed by atoms with van der Waals surface area (Å²) in [4.78, 5) is 20.8. The third-order valence-electron chi connectivity index (χ3n) is 4.34. The summed E-state index contributed by atoms with van der Waals surface area (Å²) in [6, 6.07) is 21.2. The third kappa shape index (κ3) is 4.63. The molecular formula is C23H20N2O3S2. The summed E-state index contributed by atoms with van der Waals surface area (Å²) in [6.45, 7) is 2.48. The first-order valence-corrected chi connectivity index (χ1v) is 11.1. The van der Waals surface area contributed by atoms with Crippen molar-refractivity contribution >= 4 is 46.4 Å². The second kappa shape index (κ2) is 9.28. The molecule has 3 aromatic rings. The van der Waals surface area contributed by atoms with Crippen molar-refractivity contribution in [1.29, 1.82) is 0 Å². The first-order chi connectivity index (χ1) is 14.7. The quantitative estimate of drug-likeness (QED) is 0.439. The fourth-order valence-electron chi connectivity index (χ4n) is 2.84. The van der Waals surface area contributed by atoms with Gasteiger partial charge in [0.25, 0.3) is 5.91 Å². The zero-order valence-corrected chi connectivity index (χ0v) is 18.2. The normalized spacial score (nSPS) is 16.6. The van der Waals surface area contributed by atoms with Crippen LogP contribution in [-0.2, 0) is 4.79 Å². The van der Waals surface area contributed by atoms with E-state index in [1.165, 1.54) is 11.8 Å². The van der Waals surface area contributed by atoms with Crippen molar-refractivity contribution < 1.29 is 13.9 Å². The van der Waals surface area contributed by atoms with Crippen LogP contribution >= 0.6 is 23.5 Å². The van der Waals surface area contributed by atoms with E-state index in [-0.39, 0.29) is 5.91 Å². The number of furan rings is 1. The van der Waals surface area contributed by atoms with Gasteiger partial charge in [0, 0.05) is 17.5 Å². The van der Waals surface area contributed by atoms with Crippen LogP contribution in [0.5, 0.6) is 5.75 Å². The van der Waals surface area contributed by atoms with Crippen LogP contribution in [0.3, 0.4) is 0 Å². The van der Waals surface area contributed by atoms with Crippen molar-refractivity contribution in [2.24, 2.45) is 4.99 Å². The number of nitrogens with zero attached hydrogens (tertiary/aromatic N) is 2. The minimum atomic E-state index is -0.0663. The van der Waals surface area contributed by atoms with Crippen molar-refractivity contribution in [1.82, 2.24) is 4.90 Å². The van der Waals surface area contributed by atoms with Gasteiger partial charge in [-0.25, -0.2) is 4.99 Å². The van der Waals surface area contributed by atoms with Crippen LogP contribution in [-0.4, -0.2) is 29.6 Å².